The summed E-state index contributed by atoms with van der Waals surface area (Å²) in [5, 5.41) is 11.6. The molecule has 0 saturated heterocycles. The van der Waals surface area contributed by atoms with E-state index in [0.29, 0.717) is 30.6 Å². The Kier molecular flexibility index (Phi) is 12.2. The summed E-state index contributed by atoms with van der Waals surface area (Å²) in [7, 11) is 0. The zero-order valence-electron chi connectivity index (χ0n) is 16.5. The van der Waals surface area contributed by atoms with Crippen LogP contribution < -0.4 is 9.84 Å². The number of halogens is 1. The summed E-state index contributed by atoms with van der Waals surface area (Å²) in [6.07, 6.45) is 1.36. The van der Waals surface area contributed by atoms with Gasteiger partial charge in [0.1, 0.15) is 5.75 Å². The molecule has 0 N–H and O–H groups in total. The summed E-state index contributed by atoms with van der Waals surface area (Å²) >= 11 is 5.85. The number of carbonyl (C=O) groups excluding carboxylic acids is 2. The molecule has 29 heavy (non-hydrogen) atoms. The van der Waals surface area contributed by atoms with E-state index in [0.717, 1.165) is 5.56 Å². The maximum Gasteiger partial charge on any atom is 0.345 e. The molecule has 8 heteroatoms. The van der Waals surface area contributed by atoms with Gasteiger partial charge in [-0.25, -0.2) is 4.79 Å². The number of ether oxygens (including phenoxy) is 4. The Hall–Kier alpha value is -2.53. The molecule has 0 amide bonds. The van der Waals surface area contributed by atoms with Gasteiger partial charge in [-0.05, 0) is 55.7 Å². The van der Waals surface area contributed by atoms with Crippen LogP contribution in [0.2, 0.25) is 5.02 Å². The van der Waals surface area contributed by atoms with E-state index in [9.17, 15) is 14.7 Å². The van der Waals surface area contributed by atoms with Crippen molar-refractivity contribution >= 4 is 23.5 Å². The summed E-state index contributed by atoms with van der Waals surface area (Å²) in [6, 6.07) is 5.04. The lowest BCUT2D eigenvalue weighted by molar-refractivity contribution is -0.299. The molecule has 0 atom stereocenters. The highest BCUT2D eigenvalue weighted by atomic mass is 35.5. The molecule has 1 aromatic rings. The monoisotopic (exact) mass is 423 g/mol. The van der Waals surface area contributed by atoms with E-state index < -0.39 is 11.9 Å². The number of carboxylic acid groups (broad SMARTS) is 1. The summed E-state index contributed by atoms with van der Waals surface area (Å²) < 4.78 is 20.6. The van der Waals surface area contributed by atoms with Crippen molar-refractivity contribution < 1.29 is 33.6 Å². The third kappa shape index (κ3) is 11.2. The van der Waals surface area contributed by atoms with Gasteiger partial charge in [0.05, 0.1) is 25.8 Å². The number of benzene rings is 1. The van der Waals surface area contributed by atoms with Crippen LogP contribution in [0.25, 0.3) is 0 Å². The molecule has 0 unspecified atom stereocenters. The molecular formula is C21H24ClO7-. The number of aliphatic carboxylic acids is 1. The standard InChI is InChI=1S/C21H25ClO7/c1-3-26-12-13-27-11-9-17(21(24)25)6-4-5-10-28-20(23)15-29-19-8-7-18(22)14-16(19)2/h6-8,14H,3,9-13,15H2,1-2H3,(H,24,25)/p-1/b17-6+. The number of hydrogen-bond donors (Lipinski definition) is 0. The largest absolute Gasteiger partial charge is 0.545 e. The molecule has 0 aliphatic carbocycles. The highest BCUT2D eigenvalue weighted by molar-refractivity contribution is 6.30. The molecule has 0 aromatic heterocycles. The van der Waals surface area contributed by atoms with Crippen molar-refractivity contribution in [1.82, 2.24) is 0 Å². The van der Waals surface area contributed by atoms with E-state index in [4.69, 9.17) is 30.5 Å². The summed E-state index contributed by atoms with van der Waals surface area (Å²) in [5.74, 6) is 3.68. The van der Waals surface area contributed by atoms with E-state index in [1.54, 1.807) is 18.2 Å². The summed E-state index contributed by atoms with van der Waals surface area (Å²) in [4.78, 5) is 22.7. The zero-order chi connectivity index (χ0) is 21.5. The molecule has 7 nitrogen and oxygen atoms in total. The predicted octanol–water partition coefficient (Wildman–Crippen LogP) is 1.69. The van der Waals surface area contributed by atoms with Gasteiger partial charge < -0.3 is 28.8 Å². The van der Waals surface area contributed by atoms with E-state index in [2.05, 4.69) is 11.8 Å². The average molecular weight is 424 g/mol. The minimum Gasteiger partial charge on any atom is -0.545 e. The van der Waals surface area contributed by atoms with Crippen molar-refractivity contribution in [2.75, 3.05) is 39.6 Å². The first-order chi connectivity index (χ1) is 13.9. The topological polar surface area (TPSA) is 94.1 Å². The number of carboxylic acids is 1. The van der Waals surface area contributed by atoms with Gasteiger partial charge in [0.25, 0.3) is 0 Å². The van der Waals surface area contributed by atoms with Crippen molar-refractivity contribution in [1.29, 1.82) is 0 Å². The lowest BCUT2D eigenvalue weighted by Crippen LogP contribution is -2.25. The minimum atomic E-state index is -1.32. The smallest absolute Gasteiger partial charge is 0.345 e. The van der Waals surface area contributed by atoms with Crippen molar-refractivity contribution in [2.45, 2.75) is 20.3 Å². The molecule has 0 fully saturated rings. The van der Waals surface area contributed by atoms with Crippen LogP contribution in [0.5, 0.6) is 5.75 Å². The van der Waals surface area contributed by atoms with Crippen LogP contribution in [0.1, 0.15) is 18.9 Å². The molecule has 0 saturated carbocycles. The summed E-state index contributed by atoms with van der Waals surface area (Å²) in [5.41, 5.74) is 0.800. The lowest BCUT2D eigenvalue weighted by Gasteiger charge is -2.08. The fraction of sp³-hybridized carbons (Fsp3) is 0.429. The van der Waals surface area contributed by atoms with Gasteiger partial charge in [-0.15, -0.1) is 0 Å². The maximum atomic E-state index is 11.7. The quantitative estimate of drug-likeness (QED) is 0.218. The van der Waals surface area contributed by atoms with Crippen LogP contribution in [-0.4, -0.2) is 51.6 Å². The van der Waals surface area contributed by atoms with Crippen molar-refractivity contribution in [3.63, 3.8) is 0 Å². The zero-order valence-corrected chi connectivity index (χ0v) is 17.3. The number of rotatable bonds is 12. The Labute approximate surface area is 175 Å². The molecule has 0 bridgehead atoms. The van der Waals surface area contributed by atoms with Crippen LogP contribution in [0.15, 0.2) is 29.8 Å². The van der Waals surface area contributed by atoms with Crippen molar-refractivity contribution in [3.8, 4) is 17.6 Å². The second-order valence-corrected chi connectivity index (χ2v) is 6.13. The number of esters is 1. The summed E-state index contributed by atoms with van der Waals surface area (Å²) in [6.45, 7) is 4.86. The molecule has 158 valence electrons. The van der Waals surface area contributed by atoms with Gasteiger partial charge in [-0.2, -0.15) is 0 Å². The van der Waals surface area contributed by atoms with Crippen LogP contribution in [-0.2, 0) is 23.8 Å². The lowest BCUT2D eigenvalue weighted by atomic mass is 10.2. The van der Waals surface area contributed by atoms with Gasteiger partial charge in [-0.3, -0.25) is 0 Å². The first-order valence-corrected chi connectivity index (χ1v) is 9.40. The Morgan fingerprint density at radius 2 is 1.97 bits per heavy atom. The number of allylic oxidation sites excluding steroid dienone is 1. The SMILES string of the molecule is CCOCCOCC/C(=C\C#CCOC(=O)COc1ccc(Cl)cc1C)C(=O)[O-]. The third-order valence-corrected chi connectivity index (χ3v) is 3.73. The van der Waals surface area contributed by atoms with Gasteiger partial charge >= 0.3 is 5.97 Å². The fourth-order valence-electron chi connectivity index (χ4n) is 2.03. The molecule has 0 aliphatic rings. The molecule has 0 aliphatic heterocycles. The normalized spacial score (nSPS) is 10.8. The van der Waals surface area contributed by atoms with E-state index in [1.807, 2.05) is 13.8 Å². The number of hydrogen-bond acceptors (Lipinski definition) is 7. The number of aryl methyl sites for hydroxylation is 1. The van der Waals surface area contributed by atoms with Crippen molar-refractivity contribution in [3.05, 3.63) is 40.4 Å². The average Bonchev–Trinajstić information content (AvgIpc) is 2.67. The Balaban J connectivity index is 2.33. The molecule has 1 aromatic carbocycles. The van der Waals surface area contributed by atoms with Crippen LogP contribution >= 0.6 is 11.6 Å². The second kappa shape index (κ2) is 14.5. The molecule has 0 spiro atoms. The highest BCUT2D eigenvalue weighted by Gasteiger charge is 2.06. The van der Waals surface area contributed by atoms with Crippen molar-refractivity contribution in [2.24, 2.45) is 0 Å². The Morgan fingerprint density at radius 3 is 2.66 bits per heavy atom. The fourth-order valence-corrected chi connectivity index (χ4v) is 2.26. The Bertz CT molecular complexity index is 762. The van der Waals surface area contributed by atoms with Gasteiger partial charge in [-0.1, -0.05) is 23.4 Å². The van der Waals surface area contributed by atoms with E-state index in [-0.39, 0.29) is 31.8 Å². The minimum absolute atomic E-state index is 0.00165. The first kappa shape index (κ1) is 24.5. The van der Waals surface area contributed by atoms with Crippen LogP contribution in [0.4, 0.5) is 0 Å². The van der Waals surface area contributed by atoms with Gasteiger partial charge in [0.15, 0.2) is 13.2 Å². The van der Waals surface area contributed by atoms with E-state index >= 15 is 0 Å². The first-order valence-electron chi connectivity index (χ1n) is 9.02. The van der Waals surface area contributed by atoms with E-state index in [1.165, 1.54) is 6.08 Å². The predicted molar refractivity (Wildman–Crippen MR) is 105 cm³/mol. The second-order valence-electron chi connectivity index (χ2n) is 5.70. The highest BCUT2D eigenvalue weighted by Crippen LogP contribution is 2.21. The molecule has 0 heterocycles. The number of carbonyl (C=O) groups is 2. The van der Waals surface area contributed by atoms with Gasteiger partial charge in [0, 0.05) is 11.6 Å². The molecule has 1 rings (SSSR count). The maximum absolute atomic E-state index is 11.7. The Morgan fingerprint density at radius 1 is 1.21 bits per heavy atom. The van der Waals surface area contributed by atoms with Crippen LogP contribution in [0.3, 0.4) is 0 Å². The van der Waals surface area contributed by atoms with Gasteiger partial charge in [0.2, 0.25) is 0 Å². The third-order valence-electron chi connectivity index (χ3n) is 3.49. The molecular weight excluding hydrogens is 400 g/mol. The molecule has 0 radical (unpaired) electrons. The van der Waals surface area contributed by atoms with Crippen LogP contribution in [0, 0.1) is 18.8 Å².